The summed E-state index contributed by atoms with van der Waals surface area (Å²) in [6.45, 7) is 2.36. The van der Waals surface area contributed by atoms with Crippen molar-refractivity contribution in [2.24, 2.45) is 0 Å². The van der Waals surface area contributed by atoms with E-state index >= 15 is 0 Å². The normalized spacial score (nSPS) is 10.4. The molecule has 3 N–H and O–H groups in total. The highest BCUT2D eigenvalue weighted by Gasteiger charge is 2.11. The summed E-state index contributed by atoms with van der Waals surface area (Å²) < 4.78 is 5.71. The van der Waals surface area contributed by atoms with Crippen LogP contribution in [0.25, 0.3) is 0 Å². The molecule has 3 amide bonds. The van der Waals surface area contributed by atoms with Crippen LogP contribution in [-0.4, -0.2) is 17.7 Å². The first-order valence-electron chi connectivity index (χ1n) is 10.2. The van der Waals surface area contributed by atoms with Gasteiger partial charge in [0.1, 0.15) is 0 Å². The molecule has 32 heavy (non-hydrogen) atoms. The summed E-state index contributed by atoms with van der Waals surface area (Å²) in [6, 6.07) is 17.7. The number of benzene rings is 2. The van der Waals surface area contributed by atoms with Gasteiger partial charge in [0.2, 0.25) is 11.8 Å². The molecule has 1 heterocycles. The highest BCUT2D eigenvalue weighted by Crippen LogP contribution is 2.17. The van der Waals surface area contributed by atoms with Crippen LogP contribution >= 0.6 is 15.9 Å². The minimum absolute atomic E-state index is 0.00632. The van der Waals surface area contributed by atoms with E-state index in [1.165, 1.54) is 0 Å². The van der Waals surface area contributed by atoms with E-state index in [1.807, 2.05) is 31.2 Å². The molecule has 0 aliphatic rings. The van der Waals surface area contributed by atoms with Crippen LogP contribution in [0.1, 0.15) is 41.4 Å². The fourth-order valence-corrected chi connectivity index (χ4v) is 3.25. The van der Waals surface area contributed by atoms with Gasteiger partial charge in [-0.15, -0.1) is 0 Å². The van der Waals surface area contributed by atoms with Crippen LogP contribution in [0.5, 0.6) is 0 Å². The summed E-state index contributed by atoms with van der Waals surface area (Å²) in [6.07, 6.45) is 1.52. The average Bonchev–Trinajstić information content (AvgIpc) is 3.21. The molecule has 0 spiro atoms. The van der Waals surface area contributed by atoms with Gasteiger partial charge in [-0.05, 0) is 69.9 Å². The summed E-state index contributed by atoms with van der Waals surface area (Å²) in [5.41, 5.74) is 3.12. The van der Waals surface area contributed by atoms with Crippen molar-refractivity contribution < 1.29 is 18.8 Å². The minimum Gasteiger partial charge on any atom is -0.444 e. The maximum atomic E-state index is 12.3. The topological polar surface area (TPSA) is 100 Å². The number of amides is 3. The third kappa shape index (κ3) is 7.09. The van der Waals surface area contributed by atoms with Crippen molar-refractivity contribution in [3.8, 4) is 0 Å². The number of furan rings is 1. The zero-order chi connectivity index (χ0) is 22.9. The summed E-state index contributed by atoms with van der Waals surface area (Å²) in [7, 11) is 0. The third-order valence-electron chi connectivity index (χ3n) is 4.58. The van der Waals surface area contributed by atoms with Gasteiger partial charge in [-0.3, -0.25) is 14.4 Å². The molecule has 166 valence electrons. The maximum absolute atomic E-state index is 12.3. The Kier molecular flexibility index (Phi) is 8.21. The molecule has 0 saturated heterocycles. The van der Waals surface area contributed by atoms with Crippen molar-refractivity contribution in [3.05, 3.63) is 82.2 Å². The summed E-state index contributed by atoms with van der Waals surface area (Å²) >= 11 is 3.16. The minimum atomic E-state index is -0.350. The monoisotopic (exact) mass is 497 g/mol. The fourth-order valence-electron chi connectivity index (χ4n) is 2.94. The lowest BCUT2D eigenvalue weighted by molar-refractivity contribution is -0.120. The van der Waals surface area contributed by atoms with Crippen molar-refractivity contribution in [1.29, 1.82) is 0 Å². The van der Waals surface area contributed by atoms with Crippen LogP contribution < -0.4 is 16.0 Å². The van der Waals surface area contributed by atoms with Crippen LogP contribution in [0.3, 0.4) is 0 Å². The highest BCUT2D eigenvalue weighted by molar-refractivity contribution is 9.10. The Labute approximate surface area is 194 Å². The Morgan fingerprint density at radius 1 is 0.812 bits per heavy atom. The number of nitrogens with one attached hydrogen (secondary N) is 3. The molecular weight excluding hydrogens is 474 g/mol. The van der Waals surface area contributed by atoms with Crippen molar-refractivity contribution in [3.63, 3.8) is 0 Å². The van der Waals surface area contributed by atoms with Gasteiger partial charge in [0.25, 0.3) is 5.91 Å². The molecule has 0 unspecified atom stereocenters. The van der Waals surface area contributed by atoms with Gasteiger partial charge in [0.15, 0.2) is 10.4 Å². The van der Waals surface area contributed by atoms with E-state index < -0.39 is 0 Å². The number of rotatable bonds is 9. The van der Waals surface area contributed by atoms with Gasteiger partial charge in [-0.1, -0.05) is 31.2 Å². The fraction of sp³-hybridized carbons (Fsp3) is 0.208. The molecule has 7 nitrogen and oxygen atoms in total. The SMILES string of the molecule is CCCC(=O)Nc1ccc(CNC(=O)Cc2ccc(NC(=O)c3ccc(Br)o3)cc2)cc1. The Morgan fingerprint density at radius 2 is 1.44 bits per heavy atom. The molecule has 0 fully saturated rings. The molecule has 0 radical (unpaired) electrons. The smallest absolute Gasteiger partial charge is 0.291 e. The van der Waals surface area contributed by atoms with Gasteiger partial charge in [-0.25, -0.2) is 0 Å². The second-order valence-corrected chi connectivity index (χ2v) is 7.98. The summed E-state index contributed by atoms with van der Waals surface area (Å²) in [4.78, 5) is 36.0. The molecule has 3 aromatic rings. The average molecular weight is 498 g/mol. The molecular formula is C24H24BrN3O4. The number of carbonyl (C=O) groups excluding carboxylic acids is 3. The first kappa shape index (κ1) is 23.3. The van der Waals surface area contributed by atoms with E-state index in [2.05, 4.69) is 31.9 Å². The van der Waals surface area contributed by atoms with Crippen LogP contribution in [0, 0.1) is 0 Å². The van der Waals surface area contributed by atoms with Crippen LogP contribution in [0.4, 0.5) is 11.4 Å². The zero-order valence-electron chi connectivity index (χ0n) is 17.6. The molecule has 0 atom stereocenters. The Bertz CT molecular complexity index is 1080. The quantitative estimate of drug-likeness (QED) is 0.391. The van der Waals surface area contributed by atoms with Gasteiger partial charge >= 0.3 is 0 Å². The largest absolute Gasteiger partial charge is 0.444 e. The predicted molar refractivity (Wildman–Crippen MR) is 126 cm³/mol. The standard InChI is InChI=1S/C24H24BrN3O4/c1-2-3-22(29)27-18-10-6-17(7-11-18)15-26-23(30)14-16-4-8-19(9-5-16)28-24(31)20-12-13-21(25)32-20/h4-13H,2-3,14-15H2,1H3,(H,26,30)(H,27,29)(H,28,31). The van der Waals surface area contributed by atoms with E-state index in [0.717, 1.165) is 23.2 Å². The van der Waals surface area contributed by atoms with Gasteiger partial charge < -0.3 is 20.4 Å². The van der Waals surface area contributed by atoms with Crippen molar-refractivity contribution in [2.45, 2.75) is 32.7 Å². The first-order valence-corrected chi connectivity index (χ1v) is 11.0. The van der Waals surface area contributed by atoms with Crippen molar-refractivity contribution >= 4 is 45.0 Å². The van der Waals surface area contributed by atoms with Gasteiger partial charge in [0, 0.05) is 24.3 Å². The number of hydrogen-bond donors (Lipinski definition) is 3. The summed E-state index contributed by atoms with van der Waals surface area (Å²) in [5, 5.41) is 8.46. The number of hydrogen-bond acceptors (Lipinski definition) is 4. The number of halogens is 1. The van der Waals surface area contributed by atoms with Crippen LogP contribution in [0.2, 0.25) is 0 Å². The van der Waals surface area contributed by atoms with E-state index in [9.17, 15) is 14.4 Å². The summed E-state index contributed by atoms with van der Waals surface area (Å²) in [5.74, 6) is -0.260. The Balaban J connectivity index is 1.44. The Hall–Kier alpha value is -3.39. The van der Waals surface area contributed by atoms with Gasteiger partial charge in [-0.2, -0.15) is 0 Å². The maximum Gasteiger partial charge on any atom is 0.291 e. The predicted octanol–water partition coefficient (Wildman–Crippen LogP) is 4.89. The van der Waals surface area contributed by atoms with E-state index in [4.69, 9.17) is 4.42 Å². The molecule has 1 aromatic heterocycles. The van der Waals surface area contributed by atoms with Crippen molar-refractivity contribution in [1.82, 2.24) is 5.32 Å². The molecule has 0 saturated carbocycles. The molecule has 2 aromatic carbocycles. The second-order valence-electron chi connectivity index (χ2n) is 7.20. The second kappa shape index (κ2) is 11.3. The zero-order valence-corrected chi connectivity index (χ0v) is 19.2. The molecule has 8 heteroatoms. The highest BCUT2D eigenvalue weighted by atomic mass is 79.9. The van der Waals surface area contributed by atoms with E-state index in [1.54, 1.807) is 36.4 Å². The Morgan fingerprint density at radius 3 is 2.03 bits per heavy atom. The van der Waals surface area contributed by atoms with Gasteiger partial charge in [0.05, 0.1) is 6.42 Å². The van der Waals surface area contributed by atoms with Crippen LogP contribution in [-0.2, 0) is 22.6 Å². The molecule has 3 rings (SSSR count). The van der Waals surface area contributed by atoms with Crippen molar-refractivity contribution in [2.75, 3.05) is 10.6 Å². The van der Waals surface area contributed by atoms with E-state index in [0.29, 0.717) is 23.3 Å². The molecule has 0 bridgehead atoms. The number of anilines is 2. The lowest BCUT2D eigenvalue weighted by Crippen LogP contribution is -2.24. The lowest BCUT2D eigenvalue weighted by atomic mass is 10.1. The molecule has 0 aliphatic carbocycles. The van der Waals surface area contributed by atoms with E-state index in [-0.39, 0.29) is 29.9 Å². The molecule has 0 aliphatic heterocycles. The van der Waals surface area contributed by atoms with Crippen LogP contribution in [0.15, 0.2) is 69.8 Å². The lowest BCUT2D eigenvalue weighted by Gasteiger charge is -2.08. The number of carbonyl (C=O) groups is 3. The first-order chi connectivity index (χ1) is 15.4. The third-order valence-corrected chi connectivity index (χ3v) is 5.00.